The third-order valence-electron chi connectivity index (χ3n) is 12.0. The molecule has 2 aliphatic carbocycles. The van der Waals surface area contributed by atoms with Crippen molar-refractivity contribution in [1.29, 1.82) is 0 Å². The molecule has 4 aromatic rings. The van der Waals surface area contributed by atoms with E-state index in [0.717, 1.165) is 93.5 Å². The molecule has 4 atom stereocenters. The zero-order valence-electron chi connectivity index (χ0n) is 27.1. The van der Waals surface area contributed by atoms with Crippen molar-refractivity contribution < 1.29 is 22.3 Å². The van der Waals surface area contributed by atoms with Gasteiger partial charge in [0.1, 0.15) is 23.8 Å². The van der Waals surface area contributed by atoms with E-state index in [9.17, 15) is 4.39 Å². The number of ether oxygens (including phenoxy) is 1. The number of nitrogen functional groups attached to an aromatic ring is 1. The molecule has 252 valence electrons. The standard InChI is InChI=1S/C36H40F3N7O2/c1-17-25(23-11-24(38)29(39)32-28(23)27(19-5-6-19)33(40)48-32)26(18-3-4-18)30-31(42-17)34(46-21-7-8-22(46)14-41-13-21)44-35(43-30)47-16-36-9-2-10-45(36)15-20(37)12-36/h11,18-22,41H,2-10,12-16,40H2,1H3/t20-,21?,22?,36+/m1/s1. The van der Waals surface area contributed by atoms with Gasteiger partial charge in [-0.15, -0.1) is 0 Å². The minimum atomic E-state index is -1.02. The van der Waals surface area contributed by atoms with E-state index in [0.29, 0.717) is 47.2 Å². The molecular weight excluding hydrogens is 619 g/mol. The monoisotopic (exact) mass is 659 g/mol. The summed E-state index contributed by atoms with van der Waals surface area (Å²) in [5.41, 5.74) is 11.0. The van der Waals surface area contributed by atoms with Crippen LogP contribution in [-0.2, 0) is 0 Å². The number of rotatable bonds is 7. The molecule has 12 heteroatoms. The molecule has 48 heavy (non-hydrogen) atoms. The van der Waals surface area contributed by atoms with Crippen molar-refractivity contribution >= 4 is 33.7 Å². The Hall–Kier alpha value is -3.64. The molecule has 2 bridgehead atoms. The van der Waals surface area contributed by atoms with Gasteiger partial charge in [-0.25, -0.2) is 13.8 Å². The summed E-state index contributed by atoms with van der Waals surface area (Å²) in [4.78, 5) is 20.1. The number of pyridine rings is 1. The molecule has 3 aromatic heterocycles. The molecule has 4 aliphatic heterocycles. The second-order valence-electron chi connectivity index (χ2n) is 15.2. The Morgan fingerprint density at radius 1 is 1.02 bits per heavy atom. The predicted molar refractivity (Wildman–Crippen MR) is 176 cm³/mol. The minimum absolute atomic E-state index is 0.140. The third kappa shape index (κ3) is 4.33. The number of halogens is 3. The van der Waals surface area contributed by atoms with Crippen LogP contribution in [0.25, 0.3) is 33.1 Å². The Morgan fingerprint density at radius 2 is 1.77 bits per heavy atom. The molecule has 7 heterocycles. The SMILES string of the molecule is Cc1nc2c(N3C4CCC3CNC4)nc(OC[C@@]34CCCN3C[C@H](F)C4)nc2c(C2CC2)c1-c1cc(F)c(F)c2oc(N)c(C3CC3)c12. The van der Waals surface area contributed by atoms with Crippen LogP contribution in [0.15, 0.2) is 10.5 Å². The average Bonchev–Trinajstić information content (AvgIpc) is 3.97. The Bertz CT molecular complexity index is 1980. The van der Waals surface area contributed by atoms with E-state index in [-0.39, 0.29) is 46.9 Å². The van der Waals surface area contributed by atoms with Gasteiger partial charge < -0.3 is 25.1 Å². The van der Waals surface area contributed by atoms with Gasteiger partial charge >= 0.3 is 6.01 Å². The summed E-state index contributed by atoms with van der Waals surface area (Å²) in [6.45, 7) is 5.30. The Balaban J connectivity index is 1.20. The van der Waals surface area contributed by atoms with Crippen LogP contribution in [0.1, 0.15) is 86.4 Å². The number of piperazine rings is 1. The van der Waals surface area contributed by atoms with E-state index >= 15 is 8.78 Å². The molecular formula is C36H40F3N7O2. The molecule has 10 rings (SSSR count). The third-order valence-corrected chi connectivity index (χ3v) is 12.0. The maximum absolute atomic E-state index is 15.4. The van der Waals surface area contributed by atoms with E-state index < -0.39 is 17.8 Å². The van der Waals surface area contributed by atoms with E-state index in [2.05, 4.69) is 15.1 Å². The Labute approximate surface area is 276 Å². The highest BCUT2D eigenvalue weighted by molar-refractivity contribution is 6.04. The van der Waals surface area contributed by atoms with Gasteiger partial charge in [-0.3, -0.25) is 4.90 Å². The fourth-order valence-corrected chi connectivity index (χ4v) is 9.61. The van der Waals surface area contributed by atoms with Crippen LogP contribution in [0.2, 0.25) is 0 Å². The zero-order valence-corrected chi connectivity index (χ0v) is 27.1. The van der Waals surface area contributed by atoms with Gasteiger partial charge in [0, 0.05) is 60.3 Å². The Morgan fingerprint density at radius 3 is 2.52 bits per heavy atom. The molecule has 0 spiro atoms. The number of aromatic nitrogens is 3. The molecule has 6 fully saturated rings. The number of furan rings is 1. The van der Waals surface area contributed by atoms with Gasteiger partial charge in [0.25, 0.3) is 0 Å². The topological polar surface area (TPSA) is 106 Å². The summed E-state index contributed by atoms with van der Waals surface area (Å²) >= 11 is 0. The Kier molecular flexibility index (Phi) is 6.37. The lowest BCUT2D eigenvalue weighted by Gasteiger charge is -2.37. The van der Waals surface area contributed by atoms with Crippen LogP contribution in [0.4, 0.5) is 24.9 Å². The summed E-state index contributed by atoms with van der Waals surface area (Å²) in [5, 5.41) is 4.10. The zero-order chi connectivity index (χ0) is 32.5. The van der Waals surface area contributed by atoms with Crippen molar-refractivity contribution in [2.24, 2.45) is 0 Å². The summed E-state index contributed by atoms with van der Waals surface area (Å²) in [7, 11) is 0. The second kappa shape index (κ2) is 10.4. The van der Waals surface area contributed by atoms with Gasteiger partial charge in [0.2, 0.25) is 5.82 Å². The van der Waals surface area contributed by atoms with E-state index in [1.165, 1.54) is 6.07 Å². The number of hydrogen-bond donors (Lipinski definition) is 2. The highest BCUT2D eigenvalue weighted by atomic mass is 19.2. The first-order chi connectivity index (χ1) is 23.3. The number of alkyl halides is 1. The number of fused-ring (bicyclic) bond motifs is 5. The summed E-state index contributed by atoms with van der Waals surface area (Å²) in [6, 6.07) is 2.09. The molecule has 9 nitrogen and oxygen atoms in total. The maximum atomic E-state index is 15.4. The van der Waals surface area contributed by atoms with Crippen molar-refractivity contribution in [2.45, 2.75) is 100 Å². The predicted octanol–water partition coefficient (Wildman–Crippen LogP) is 6.26. The summed E-state index contributed by atoms with van der Waals surface area (Å²) < 4.78 is 57.6. The van der Waals surface area contributed by atoms with E-state index in [4.69, 9.17) is 29.8 Å². The van der Waals surface area contributed by atoms with Crippen molar-refractivity contribution in [3.8, 4) is 17.1 Å². The fourth-order valence-electron chi connectivity index (χ4n) is 9.61. The molecule has 6 aliphatic rings. The first-order valence-electron chi connectivity index (χ1n) is 17.7. The number of hydrogen-bond acceptors (Lipinski definition) is 9. The van der Waals surface area contributed by atoms with Crippen molar-refractivity contribution in [3.05, 3.63) is 34.5 Å². The summed E-state index contributed by atoms with van der Waals surface area (Å²) in [5.74, 6) is -0.777. The van der Waals surface area contributed by atoms with Crippen molar-refractivity contribution in [3.63, 3.8) is 0 Å². The second-order valence-corrected chi connectivity index (χ2v) is 15.2. The maximum Gasteiger partial charge on any atom is 0.319 e. The highest BCUT2D eigenvalue weighted by Crippen LogP contribution is 2.54. The van der Waals surface area contributed by atoms with Gasteiger partial charge in [-0.1, -0.05) is 0 Å². The van der Waals surface area contributed by atoms with Crippen LogP contribution in [-0.4, -0.2) is 76.4 Å². The number of benzene rings is 1. The van der Waals surface area contributed by atoms with E-state index in [1.54, 1.807) is 0 Å². The summed E-state index contributed by atoms with van der Waals surface area (Å²) in [6.07, 6.45) is 7.36. The molecule has 0 radical (unpaired) electrons. The molecule has 3 N–H and O–H groups in total. The minimum Gasteiger partial charge on any atom is -0.461 e. The van der Waals surface area contributed by atoms with Crippen LogP contribution in [0.3, 0.4) is 0 Å². The lowest BCUT2D eigenvalue weighted by atomic mass is 9.90. The highest BCUT2D eigenvalue weighted by Gasteiger charge is 2.50. The lowest BCUT2D eigenvalue weighted by Crippen LogP contribution is -2.52. The van der Waals surface area contributed by atoms with Crippen LogP contribution in [0.5, 0.6) is 6.01 Å². The molecule has 0 amide bonds. The number of nitrogens with two attached hydrogens (primary N) is 1. The van der Waals surface area contributed by atoms with Crippen LogP contribution < -0.4 is 20.7 Å². The van der Waals surface area contributed by atoms with Crippen LogP contribution >= 0.6 is 0 Å². The largest absolute Gasteiger partial charge is 0.461 e. The normalized spacial score (nSPS) is 28.7. The van der Waals surface area contributed by atoms with Crippen LogP contribution in [0, 0.1) is 18.6 Å². The van der Waals surface area contributed by atoms with Crippen molar-refractivity contribution in [1.82, 2.24) is 25.2 Å². The van der Waals surface area contributed by atoms with Crippen molar-refractivity contribution in [2.75, 3.05) is 43.4 Å². The number of anilines is 2. The lowest BCUT2D eigenvalue weighted by molar-refractivity contribution is 0.107. The molecule has 2 saturated carbocycles. The smallest absolute Gasteiger partial charge is 0.319 e. The first kappa shape index (κ1) is 29.3. The molecule has 4 saturated heterocycles. The first-order valence-corrected chi connectivity index (χ1v) is 17.7. The molecule has 1 aromatic carbocycles. The van der Waals surface area contributed by atoms with E-state index in [1.807, 2.05) is 6.92 Å². The van der Waals surface area contributed by atoms with Gasteiger partial charge in [0.15, 0.2) is 23.1 Å². The fraction of sp³-hybridized carbons (Fsp3) is 0.583. The average molecular weight is 660 g/mol. The number of nitrogens with one attached hydrogen (secondary N) is 1. The van der Waals surface area contributed by atoms with Gasteiger partial charge in [-0.05, 0) is 93.9 Å². The van der Waals surface area contributed by atoms with Gasteiger partial charge in [-0.2, -0.15) is 14.4 Å². The quantitative estimate of drug-likeness (QED) is 0.238. The molecule has 2 unspecified atom stereocenters. The number of aryl methyl sites for hydroxylation is 1. The number of nitrogens with zero attached hydrogens (tertiary/aromatic N) is 5. The van der Waals surface area contributed by atoms with Gasteiger partial charge in [0.05, 0.1) is 5.54 Å².